The molecule has 10 rings (SSSR count). The SMILES string of the molecule is CC1(C)c2ccccc2-c2ccc(N(c3ccc(-c4ccccc4)cc3)c3cccc4c3c3cc5ccccc5cc3n4-c3ccccc3)cc21. The van der Waals surface area contributed by atoms with Crippen LogP contribution < -0.4 is 4.90 Å². The van der Waals surface area contributed by atoms with Crippen molar-refractivity contribution < 1.29 is 0 Å². The van der Waals surface area contributed by atoms with E-state index in [9.17, 15) is 0 Å². The Balaban J connectivity index is 1.26. The van der Waals surface area contributed by atoms with Crippen molar-refractivity contribution in [3.8, 4) is 27.9 Å². The highest BCUT2D eigenvalue weighted by Crippen LogP contribution is 2.51. The average molecular weight is 653 g/mol. The highest BCUT2D eigenvalue weighted by Gasteiger charge is 2.36. The van der Waals surface area contributed by atoms with Crippen LogP contribution in [0, 0.1) is 0 Å². The topological polar surface area (TPSA) is 8.17 Å². The molecule has 0 amide bonds. The summed E-state index contributed by atoms with van der Waals surface area (Å²) < 4.78 is 2.43. The molecule has 0 saturated heterocycles. The Hall–Kier alpha value is -6.38. The molecule has 0 fully saturated rings. The van der Waals surface area contributed by atoms with Crippen molar-refractivity contribution in [3.63, 3.8) is 0 Å². The van der Waals surface area contributed by atoms with E-state index < -0.39 is 0 Å². The maximum atomic E-state index is 2.47. The van der Waals surface area contributed by atoms with Gasteiger partial charge in [0.1, 0.15) is 0 Å². The molecule has 0 spiro atoms. The fourth-order valence-corrected chi connectivity index (χ4v) is 8.47. The van der Waals surface area contributed by atoms with Gasteiger partial charge in [-0.25, -0.2) is 0 Å². The standard InChI is InChI=1S/C49H36N2/c1-49(2)43-21-12-11-20-40(43)41-29-28-39(32-44(41)49)50(38-26-24-34(25-27-38)33-14-5-3-6-15-33)45-22-13-23-46-48(45)42-30-35-16-9-10-17-36(35)31-47(42)51(46)37-18-7-4-8-19-37/h3-32H,1-2H3. The lowest BCUT2D eigenvalue weighted by atomic mass is 9.82. The Labute approximate surface area is 298 Å². The van der Waals surface area contributed by atoms with Crippen molar-refractivity contribution in [2.24, 2.45) is 0 Å². The van der Waals surface area contributed by atoms with Crippen molar-refractivity contribution in [3.05, 3.63) is 193 Å². The smallest absolute Gasteiger partial charge is 0.0562 e. The van der Waals surface area contributed by atoms with Crippen molar-refractivity contribution >= 4 is 49.6 Å². The van der Waals surface area contributed by atoms with Crippen LogP contribution in [-0.4, -0.2) is 4.57 Å². The molecule has 0 bridgehead atoms. The number of hydrogen-bond acceptors (Lipinski definition) is 1. The lowest BCUT2D eigenvalue weighted by Crippen LogP contribution is -2.16. The van der Waals surface area contributed by atoms with Gasteiger partial charge in [-0.05, 0) is 105 Å². The van der Waals surface area contributed by atoms with E-state index in [0.29, 0.717) is 0 Å². The van der Waals surface area contributed by atoms with Gasteiger partial charge in [-0.15, -0.1) is 0 Å². The van der Waals surface area contributed by atoms with Gasteiger partial charge in [0.2, 0.25) is 0 Å². The van der Waals surface area contributed by atoms with Crippen LogP contribution >= 0.6 is 0 Å². The molecule has 1 aliphatic rings. The van der Waals surface area contributed by atoms with Gasteiger partial charge < -0.3 is 9.47 Å². The summed E-state index contributed by atoms with van der Waals surface area (Å²) in [4.78, 5) is 2.47. The normalized spacial score (nSPS) is 13.1. The lowest BCUT2D eigenvalue weighted by Gasteiger charge is -2.29. The summed E-state index contributed by atoms with van der Waals surface area (Å²) in [5.74, 6) is 0. The molecule has 51 heavy (non-hydrogen) atoms. The minimum atomic E-state index is -0.112. The summed E-state index contributed by atoms with van der Waals surface area (Å²) in [6.45, 7) is 4.72. The van der Waals surface area contributed by atoms with Crippen molar-refractivity contribution in [1.29, 1.82) is 0 Å². The summed E-state index contributed by atoms with van der Waals surface area (Å²) in [5, 5.41) is 4.95. The predicted molar refractivity (Wildman–Crippen MR) is 216 cm³/mol. The third-order valence-corrected chi connectivity index (χ3v) is 10.9. The van der Waals surface area contributed by atoms with E-state index >= 15 is 0 Å². The summed E-state index contributed by atoms with van der Waals surface area (Å²) >= 11 is 0. The molecule has 242 valence electrons. The van der Waals surface area contributed by atoms with E-state index in [1.54, 1.807) is 0 Å². The van der Waals surface area contributed by atoms with E-state index in [0.717, 1.165) is 22.7 Å². The van der Waals surface area contributed by atoms with Crippen LogP contribution in [0.3, 0.4) is 0 Å². The largest absolute Gasteiger partial charge is 0.310 e. The van der Waals surface area contributed by atoms with Crippen LogP contribution in [0.1, 0.15) is 25.0 Å². The lowest BCUT2D eigenvalue weighted by molar-refractivity contribution is 0.660. The second kappa shape index (κ2) is 11.3. The van der Waals surface area contributed by atoms with Crippen LogP contribution in [0.5, 0.6) is 0 Å². The zero-order valence-corrected chi connectivity index (χ0v) is 28.7. The number of anilines is 3. The molecule has 0 aliphatic heterocycles. The first-order valence-electron chi connectivity index (χ1n) is 17.8. The molecule has 0 atom stereocenters. The second-order valence-corrected chi connectivity index (χ2v) is 14.2. The Morgan fingerprint density at radius 1 is 0.451 bits per heavy atom. The number of para-hydroxylation sites is 1. The summed E-state index contributed by atoms with van der Waals surface area (Å²) in [6.07, 6.45) is 0. The number of aromatic nitrogens is 1. The third kappa shape index (κ3) is 4.57. The number of benzene rings is 8. The first kappa shape index (κ1) is 29.5. The zero-order valence-electron chi connectivity index (χ0n) is 28.7. The Morgan fingerprint density at radius 2 is 1.08 bits per heavy atom. The molecule has 0 N–H and O–H groups in total. The molecule has 0 saturated carbocycles. The Bertz CT molecular complexity index is 2750. The van der Waals surface area contributed by atoms with Gasteiger partial charge in [0.25, 0.3) is 0 Å². The highest BCUT2D eigenvalue weighted by atomic mass is 15.1. The van der Waals surface area contributed by atoms with E-state index in [-0.39, 0.29) is 5.41 Å². The van der Waals surface area contributed by atoms with Gasteiger partial charge in [0, 0.05) is 33.2 Å². The third-order valence-electron chi connectivity index (χ3n) is 10.9. The van der Waals surface area contributed by atoms with Gasteiger partial charge in [0.05, 0.1) is 16.7 Å². The molecule has 2 heteroatoms. The average Bonchev–Trinajstić information content (AvgIpc) is 3.63. The van der Waals surface area contributed by atoms with E-state index in [4.69, 9.17) is 0 Å². The molecular weight excluding hydrogens is 617 g/mol. The number of rotatable bonds is 5. The molecule has 1 aromatic heterocycles. The monoisotopic (exact) mass is 652 g/mol. The number of nitrogens with zero attached hydrogens (tertiary/aromatic N) is 2. The first-order chi connectivity index (χ1) is 25.1. The molecule has 1 aliphatic carbocycles. The Kier molecular flexibility index (Phi) is 6.56. The quantitative estimate of drug-likeness (QED) is 0.180. The van der Waals surface area contributed by atoms with E-state index in [2.05, 4.69) is 205 Å². The summed E-state index contributed by atoms with van der Waals surface area (Å²) in [5.41, 5.74) is 14.7. The van der Waals surface area contributed by atoms with Crippen molar-refractivity contribution in [2.45, 2.75) is 19.3 Å². The molecular formula is C49H36N2. The molecule has 8 aromatic carbocycles. The van der Waals surface area contributed by atoms with Gasteiger partial charge in [-0.2, -0.15) is 0 Å². The number of fused-ring (bicyclic) bond motifs is 7. The molecule has 0 unspecified atom stereocenters. The zero-order chi connectivity index (χ0) is 34.1. The molecule has 1 heterocycles. The second-order valence-electron chi connectivity index (χ2n) is 14.2. The van der Waals surface area contributed by atoms with Gasteiger partial charge in [0.15, 0.2) is 0 Å². The minimum Gasteiger partial charge on any atom is -0.310 e. The van der Waals surface area contributed by atoms with Gasteiger partial charge in [-0.1, -0.05) is 135 Å². The highest BCUT2D eigenvalue weighted by molar-refractivity contribution is 6.19. The van der Waals surface area contributed by atoms with Crippen molar-refractivity contribution in [1.82, 2.24) is 4.57 Å². The predicted octanol–water partition coefficient (Wildman–Crippen LogP) is 13.4. The Morgan fingerprint density at radius 3 is 1.86 bits per heavy atom. The van der Waals surface area contributed by atoms with Gasteiger partial charge >= 0.3 is 0 Å². The maximum absolute atomic E-state index is 2.47. The van der Waals surface area contributed by atoms with Crippen LogP contribution in [0.25, 0.3) is 60.5 Å². The van der Waals surface area contributed by atoms with E-state index in [1.807, 2.05) is 0 Å². The van der Waals surface area contributed by atoms with Crippen LogP contribution in [0.4, 0.5) is 17.1 Å². The molecule has 9 aromatic rings. The van der Waals surface area contributed by atoms with Crippen LogP contribution in [0.2, 0.25) is 0 Å². The fraction of sp³-hybridized carbons (Fsp3) is 0.0612. The molecule has 2 nitrogen and oxygen atoms in total. The summed E-state index contributed by atoms with van der Waals surface area (Å²) in [6, 6.07) is 66.7. The molecule has 0 radical (unpaired) electrons. The first-order valence-corrected chi connectivity index (χ1v) is 17.8. The van der Waals surface area contributed by atoms with Crippen LogP contribution in [0.15, 0.2) is 182 Å². The van der Waals surface area contributed by atoms with Crippen molar-refractivity contribution in [2.75, 3.05) is 4.90 Å². The minimum absolute atomic E-state index is 0.112. The maximum Gasteiger partial charge on any atom is 0.0562 e. The van der Waals surface area contributed by atoms with Crippen LogP contribution in [-0.2, 0) is 5.41 Å². The fourth-order valence-electron chi connectivity index (χ4n) is 8.47. The van der Waals surface area contributed by atoms with Gasteiger partial charge in [-0.3, -0.25) is 0 Å². The van der Waals surface area contributed by atoms with E-state index in [1.165, 1.54) is 66.0 Å². The number of hydrogen-bond donors (Lipinski definition) is 0. The summed E-state index contributed by atoms with van der Waals surface area (Å²) in [7, 11) is 0.